The molecule has 3 amide bonds. The summed E-state index contributed by atoms with van der Waals surface area (Å²) in [6, 6.07) is 15.8. The van der Waals surface area contributed by atoms with Crippen molar-refractivity contribution < 1.29 is 18.8 Å². The number of amides is 3. The first-order valence-corrected chi connectivity index (χ1v) is 10.6. The van der Waals surface area contributed by atoms with Crippen LogP contribution in [0.25, 0.3) is 0 Å². The van der Waals surface area contributed by atoms with Crippen molar-refractivity contribution in [2.24, 2.45) is 0 Å². The quantitative estimate of drug-likeness (QED) is 0.681. The summed E-state index contributed by atoms with van der Waals surface area (Å²) in [6.45, 7) is 1.01. The standard InChI is InChI=1S/C24H28FN3O3/c25-20-8-4-7-19(15-20)16-23(30)26-17-24(31)28-13-11-21(12-14-28)27-22(29)10-9-18-5-2-1-3-6-18/h1-8,15,21H,9-14,16-17H2,(H,26,30)(H,27,29). The second-order valence-corrected chi connectivity index (χ2v) is 7.79. The van der Waals surface area contributed by atoms with Gasteiger partial charge in [0.2, 0.25) is 17.7 Å². The third-order valence-corrected chi connectivity index (χ3v) is 5.39. The molecule has 0 radical (unpaired) electrons. The molecule has 31 heavy (non-hydrogen) atoms. The molecule has 1 aliphatic heterocycles. The maximum absolute atomic E-state index is 13.2. The van der Waals surface area contributed by atoms with Crippen LogP contribution in [-0.2, 0) is 27.2 Å². The number of piperidine rings is 1. The highest BCUT2D eigenvalue weighted by Gasteiger charge is 2.24. The van der Waals surface area contributed by atoms with Gasteiger partial charge in [0, 0.05) is 25.6 Å². The van der Waals surface area contributed by atoms with Gasteiger partial charge in [-0.2, -0.15) is 0 Å². The van der Waals surface area contributed by atoms with E-state index in [1.807, 2.05) is 30.3 Å². The van der Waals surface area contributed by atoms with E-state index in [9.17, 15) is 18.8 Å². The van der Waals surface area contributed by atoms with E-state index in [-0.39, 0.29) is 36.7 Å². The molecule has 0 unspecified atom stereocenters. The van der Waals surface area contributed by atoms with Crippen molar-refractivity contribution in [2.45, 2.75) is 38.1 Å². The van der Waals surface area contributed by atoms with Gasteiger partial charge in [0.15, 0.2) is 0 Å². The third kappa shape index (κ3) is 7.51. The molecular weight excluding hydrogens is 397 g/mol. The number of likely N-dealkylation sites (tertiary alicyclic amines) is 1. The Morgan fingerprint density at radius 2 is 1.65 bits per heavy atom. The average molecular weight is 426 g/mol. The van der Waals surface area contributed by atoms with E-state index in [1.54, 1.807) is 17.0 Å². The van der Waals surface area contributed by atoms with Gasteiger partial charge in [-0.05, 0) is 42.5 Å². The maximum atomic E-state index is 13.2. The Kier molecular flexibility index (Phi) is 8.15. The zero-order valence-corrected chi connectivity index (χ0v) is 17.5. The lowest BCUT2D eigenvalue weighted by Gasteiger charge is -2.32. The number of hydrogen-bond donors (Lipinski definition) is 2. The van der Waals surface area contributed by atoms with Crippen LogP contribution in [0.2, 0.25) is 0 Å². The van der Waals surface area contributed by atoms with Crippen LogP contribution in [0.4, 0.5) is 4.39 Å². The summed E-state index contributed by atoms with van der Waals surface area (Å²) in [7, 11) is 0. The Balaban J connectivity index is 1.32. The van der Waals surface area contributed by atoms with Gasteiger partial charge in [-0.25, -0.2) is 4.39 Å². The molecule has 2 aromatic carbocycles. The number of aryl methyl sites for hydroxylation is 1. The summed E-state index contributed by atoms with van der Waals surface area (Å²) < 4.78 is 13.2. The van der Waals surface area contributed by atoms with Crippen molar-refractivity contribution in [1.82, 2.24) is 15.5 Å². The molecule has 2 N–H and O–H groups in total. The highest BCUT2D eigenvalue weighted by atomic mass is 19.1. The molecule has 6 nitrogen and oxygen atoms in total. The first kappa shape index (κ1) is 22.5. The summed E-state index contributed by atoms with van der Waals surface area (Å²) in [6.07, 6.45) is 2.57. The summed E-state index contributed by atoms with van der Waals surface area (Å²) >= 11 is 0. The largest absolute Gasteiger partial charge is 0.353 e. The SMILES string of the molecule is O=C(Cc1cccc(F)c1)NCC(=O)N1CCC(NC(=O)CCc2ccccc2)CC1. The lowest BCUT2D eigenvalue weighted by molar-refractivity contribution is -0.133. The molecule has 1 aliphatic rings. The molecule has 1 fully saturated rings. The van der Waals surface area contributed by atoms with Gasteiger partial charge in [-0.3, -0.25) is 14.4 Å². The number of hydrogen-bond acceptors (Lipinski definition) is 3. The lowest BCUT2D eigenvalue weighted by atomic mass is 10.0. The van der Waals surface area contributed by atoms with Crippen molar-refractivity contribution in [2.75, 3.05) is 19.6 Å². The van der Waals surface area contributed by atoms with Crippen molar-refractivity contribution in [1.29, 1.82) is 0 Å². The average Bonchev–Trinajstić information content (AvgIpc) is 2.77. The van der Waals surface area contributed by atoms with Crippen LogP contribution in [0.5, 0.6) is 0 Å². The molecule has 2 aromatic rings. The second-order valence-electron chi connectivity index (χ2n) is 7.79. The molecular formula is C24H28FN3O3. The first-order valence-electron chi connectivity index (χ1n) is 10.6. The zero-order valence-electron chi connectivity index (χ0n) is 17.5. The molecule has 164 valence electrons. The molecule has 3 rings (SSSR count). The van der Waals surface area contributed by atoms with Gasteiger partial charge in [-0.15, -0.1) is 0 Å². The number of halogens is 1. The number of carbonyl (C=O) groups is 3. The second kappa shape index (κ2) is 11.2. The minimum Gasteiger partial charge on any atom is -0.353 e. The number of nitrogens with zero attached hydrogens (tertiary/aromatic N) is 1. The molecule has 0 aliphatic carbocycles. The van der Waals surface area contributed by atoms with Crippen LogP contribution in [-0.4, -0.2) is 48.3 Å². The Hall–Kier alpha value is -3.22. The van der Waals surface area contributed by atoms with Crippen molar-refractivity contribution in [3.8, 4) is 0 Å². The van der Waals surface area contributed by atoms with Gasteiger partial charge in [0.1, 0.15) is 5.82 Å². The van der Waals surface area contributed by atoms with Crippen molar-refractivity contribution in [3.05, 3.63) is 71.5 Å². The summed E-state index contributed by atoms with van der Waals surface area (Å²) in [5, 5.41) is 5.65. The molecule has 0 spiro atoms. The van der Waals surface area contributed by atoms with Crippen LogP contribution < -0.4 is 10.6 Å². The summed E-state index contributed by atoms with van der Waals surface area (Å²) in [5.74, 6) is -0.837. The van der Waals surface area contributed by atoms with Crippen LogP contribution >= 0.6 is 0 Å². The molecule has 0 bridgehead atoms. The first-order chi connectivity index (χ1) is 15.0. The van der Waals surface area contributed by atoms with Gasteiger partial charge in [0.05, 0.1) is 13.0 Å². The van der Waals surface area contributed by atoms with Crippen molar-refractivity contribution in [3.63, 3.8) is 0 Å². The molecule has 0 atom stereocenters. The summed E-state index contributed by atoms with van der Waals surface area (Å²) in [4.78, 5) is 38.2. The monoisotopic (exact) mass is 425 g/mol. The lowest BCUT2D eigenvalue weighted by Crippen LogP contribution is -2.49. The van der Waals surface area contributed by atoms with E-state index in [2.05, 4.69) is 10.6 Å². The Morgan fingerprint density at radius 1 is 0.935 bits per heavy atom. The fraction of sp³-hybridized carbons (Fsp3) is 0.375. The van der Waals surface area contributed by atoms with E-state index in [0.717, 1.165) is 5.56 Å². The van der Waals surface area contributed by atoms with E-state index in [4.69, 9.17) is 0 Å². The fourth-order valence-corrected chi connectivity index (χ4v) is 3.66. The smallest absolute Gasteiger partial charge is 0.241 e. The molecule has 1 heterocycles. The Labute approximate surface area is 181 Å². The van der Waals surface area contributed by atoms with Crippen LogP contribution in [0.15, 0.2) is 54.6 Å². The highest BCUT2D eigenvalue weighted by molar-refractivity contribution is 5.85. The number of rotatable bonds is 8. The minimum absolute atomic E-state index is 0.0261. The Morgan fingerprint density at radius 3 is 2.35 bits per heavy atom. The normalized spacial score (nSPS) is 14.2. The van der Waals surface area contributed by atoms with Gasteiger partial charge < -0.3 is 15.5 Å². The highest BCUT2D eigenvalue weighted by Crippen LogP contribution is 2.11. The van der Waals surface area contributed by atoms with Crippen molar-refractivity contribution >= 4 is 17.7 Å². The predicted molar refractivity (Wildman–Crippen MR) is 116 cm³/mol. The Bertz CT molecular complexity index is 896. The van der Waals surface area contributed by atoms with E-state index in [0.29, 0.717) is 44.3 Å². The van der Waals surface area contributed by atoms with Gasteiger partial charge in [0.25, 0.3) is 0 Å². The molecule has 0 aromatic heterocycles. The number of nitrogens with one attached hydrogen (secondary N) is 2. The van der Waals surface area contributed by atoms with Gasteiger partial charge >= 0.3 is 0 Å². The van der Waals surface area contributed by atoms with E-state index in [1.165, 1.54) is 12.1 Å². The van der Waals surface area contributed by atoms with Gasteiger partial charge in [-0.1, -0.05) is 42.5 Å². The van der Waals surface area contributed by atoms with Crippen LogP contribution in [0.1, 0.15) is 30.4 Å². The summed E-state index contributed by atoms with van der Waals surface area (Å²) in [5.41, 5.74) is 1.70. The molecule has 7 heteroatoms. The maximum Gasteiger partial charge on any atom is 0.241 e. The number of carbonyl (C=O) groups excluding carboxylic acids is 3. The third-order valence-electron chi connectivity index (χ3n) is 5.39. The molecule has 0 saturated carbocycles. The van der Waals surface area contributed by atoms with Crippen LogP contribution in [0.3, 0.4) is 0 Å². The molecule has 1 saturated heterocycles. The topological polar surface area (TPSA) is 78.5 Å². The zero-order chi connectivity index (χ0) is 22.1. The minimum atomic E-state index is -0.392. The van der Waals surface area contributed by atoms with E-state index < -0.39 is 5.82 Å². The predicted octanol–water partition coefficient (Wildman–Crippen LogP) is 2.22. The number of benzene rings is 2. The fourth-order valence-electron chi connectivity index (χ4n) is 3.66. The van der Waals surface area contributed by atoms with E-state index >= 15 is 0 Å². The van der Waals surface area contributed by atoms with Crippen LogP contribution in [0, 0.1) is 5.82 Å².